The van der Waals surface area contributed by atoms with E-state index in [1.807, 2.05) is 0 Å². The Morgan fingerprint density at radius 2 is 1.73 bits per heavy atom. The molecule has 15 heavy (non-hydrogen) atoms. The number of rotatable bonds is 3. The van der Waals surface area contributed by atoms with Gasteiger partial charge in [0.25, 0.3) is 0 Å². The van der Waals surface area contributed by atoms with Gasteiger partial charge in [0.05, 0.1) is 6.11 Å². The Morgan fingerprint density at radius 3 is 2.07 bits per heavy atom. The van der Waals surface area contributed by atoms with Crippen LogP contribution in [0.5, 0.6) is 0 Å². The molecule has 0 spiro atoms. The third-order valence-electron chi connectivity index (χ3n) is 2.28. The van der Waals surface area contributed by atoms with Crippen molar-refractivity contribution in [3.05, 3.63) is 0 Å². The minimum atomic E-state index is -0.993. The molecule has 0 saturated heterocycles. The molecule has 0 fully saturated rings. The van der Waals surface area contributed by atoms with E-state index in [2.05, 4.69) is 59.7 Å². The molecule has 0 aromatic carbocycles. The van der Waals surface area contributed by atoms with Crippen LogP contribution in [0.3, 0.4) is 0 Å². The third-order valence-corrected chi connectivity index (χ3v) is 2.87. The number of hydrogen-bond donors (Lipinski definition) is 0. The molecule has 0 aliphatic heterocycles. The van der Waals surface area contributed by atoms with Gasteiger partial charge in [-0.15, -0.1) is 0 Å². The molecule has 1 unspecified atom stereocenters. The van der Waals surface area contributed by atoms with E-state index in [4.69, 9.17) is 4.43 Å². The molecule has 0 aromatic heterocycles. The summed E-state index contributed by atoms with van der Waals surface area (Å²) in [5, 5.41) is 0. The largest absolute Gasteiger partial charge is 0.505 e. The first kappa shape index (κ1) is 14.6. The fourth-order valence-corrected chi connectivity index (χ4v) is 1.63. The Morgan fingerprint density at radius 1 is 1.20 bits per heavy atom. The molecule has 0 rings (SSSR count). The SMILES string of the molecule is CC(C)CC(C#CO[SiH](C)C)C(C)(C)C. The van der Waals surface area contributed by atoms with Crippen LogP contribution in [0.2, 0.25) is 13.1 Å². The summed E-state index contributed by atoms with van der Waals surface area (Å²) in [6, 6.07) is 0. The smallest absolute Gasteiger partial charge is 0.244 e. The van der Waals surface area contributed by atoms with Crippen LogP contribution in [0.1, 0.15) is 41.0 Å². The first-order valence-corrected chi connectivity index (χ1v) is 8.67. The second-order valence-electron chi connectivity index (χ2n) is 5.96. The highest BCUT2D eigenvalue weighted by molar-refractivity contribution is 6.48. The molecule has 0 amide bonds. The van der Waals surface area contributed by atoms with Crippen molar-refractivity contribution in [2.45, 2.75) is 54.1 Å². The minimum Gasteiger partial charge on any atom is -0.505 e. The zero-order chi connectivity index (χ0) is 12.1. The van der Waals surface area contributed by atoms with Crippen LogP contribution in [-0.2, 0) is 4.43 Å². The second kappa shape index (κ2) is 6.22. The van der Waals surface area contributed by atoms with E-state index in [9.17, 15) is 0 Å². The monoisotopic (exact) mass is 226 g/mol. The lowest BCUT2D eigenvalue weighted by Gasteiger charge is -2.27. The van der Waals surface area contributed by atoms with E-state index in [-0.39, 0.29) is 5.41 Å². The highest BCUT2D eigenvalue weighted by Gasteiger charge is 2.23. The predicted molar refractivity (Wildman–Crippen MR) is 70.1 cm³/mol. The maximum atomic E-state index is 5.43. The van der Waals surface area contributed by atoms with Crippen molar-refractivity contribution >= 4 is 9.04 Å². The van der Waals surface area contributed by atoms with Gasteiger partial charge in [0, 0.05) is 5.92 Å². The van der Waals surface area contributed by atoms with Gasteiger partial charge in [-0.2, -0.15) is 0 Å². The summed E-state index contributed by atoms with van der Waals surface area (Å²) in [6.45, 7) is 15.5. The van der Waals surface area contributed by atoms with Crippen LogP contribution in [0.25, 0.3) is 0 Å². The van der Waals surface area contributed by atoms with Gasteiger partial charge >= 0.3 is 0 Å². The lowest BCUT2D eigenvalue weighted by Crippen LogP contribution is -2.21. The molecular weight excluding hydrogens is 200 g/mol. The molecule has 0 bridgehead atoms. The summed E-state index contributed by atoms with van der Waals surface area (Å²) in [5.41, 5.74) is 0.249. The molecule has 0 aliphatic rings. The lowest BCUT2D eigenvalue weighted by molar-refractivity contribution is 0.262. The zero-order valence-electron chi connectivity index (χ0n) is 11.3. The van der Waals surface area contributed by atoms with Crippen LogP contribution in [0.4, 0.5) is 0 Å². The van der Waals surface area contributed by atoms with E-state index in [0.29, 0.717) is 11.8 Å². The minimum absolute atomic E-state index is 0.249. The van der Waals surface area contributed by atoms with Gasteiger partial charge in [-0.05, 0) is 30.8 Å². The summed E-state index contributed by atoms with van der Waals surface area (Å²) >= 11 is 0. The van der Waals surface area contributed by atoms with Gasteiger partial charge in [-0.25, -0.2) is 0 Å². The Balaban J connectivity index is 4.42. The van der Waals surface area contributed by atoms with Gasteiger partial charge < -0.3 is 4.43 Å². The molecule has 0 N–H and O–H groups in total. The summed E-state index contributed by atoms with van der Waals surface area (Å²) in [7, 11) is -0.993. The Hall–Kier alpha value is -0.423. The maximum absolute atomic E-state index is 5.43. The Bertz CT molecular complexity index is 227. The van der Waals surface area contributed by atoms with E-state index in [1.54, 1.807) is 0 Å². The van der Waals surface area contributed by atoms with E-state index in [0.717, 1.165) is 6.42 Å². The normalized spacial score (nSPS) is 13.7. The second-order valence-corrected chi connectivity index (χ2v) is 8.29. The molecular formula is C13H26OSi. The van der Waals surface area contributed by atoms with E-state index in [1.165, 1.54) is 0 Å². The van der Waals surface area contributed by atoms with Crippen molar-refractivity contribution in [1.82, 2.24) is 0 Å². The highest BCUT2D eigenvalue weighted by Crippen LogP contribution is 2.30. The Labute approximate surface area is 97.3 Å². The molecule has 1 nitrogen and oxygen atoms in total. The van der Waals surface area contributed by atoms with Gasteiger partial charge in [-0.3, -0.25) is 0 Å². The van der Waals surface area contributed by atoms with Crippen molar-refractivity contribution < 1.29 is 4.43 Å². The molecule has 88 valence electrons. The van der Waals surface area contributed by atoms with Gasteiger partial charge in [0.1, 0.15) is 0 Å². The van der Waals surface area contributed by atoms with Crippen molar-refractivity contribution in [3.63, 3.8) is 0 Å². The van der Waals surface area contributed by atoms with E-state index < -0.39 is 9.04 Å². The maximum Gasteiger partial charge on any atom is 0.244 e. The Kier molecular flexibility index (Phi) is 6.05. The van der Waals surface area contributed by atoms with Crippen molar-refractivity contribution in [1.29, 1.82) is 0 Å². The topological polar surface area (TPSA) is 9.23 Å². The molecule has 0 aromatic rings. The van der Waals surface area contributed by atoms with Crippen LogP contribution in [0, 0.1) is 29.3 Å². The fraction of sp³-hybridized carbons (Fsp3) is 0.846. The zero-order valence-corrected chi connectivity index (χ0v) is 12.5. The van der Waals surface area contributed by atoms with Crippen molar-refractivity contribution in [2.75, 3.05) is 0 Å². The molecule has 0 aliphatic carbocycles. The summed E-state index contributed by atoms with van der Waals surface area (Å²) < 4.78 is 5.43. The molecule has 1 atom stereocenters. The quantitative estimate of drug-likeness (QED) is 0.527. The first-order chi connectivity index (χ1) is 6.73. The fourth-order valence-electron chi connectivity index (χ4n) is 1.32. The lowest BCUT2D eigenvalue weighted by atomic mass is 9.77. The summed E-state index contributed by atoms with van der Waals surface area (Å²) in [5.74, 6) is 4.41. The van der Waals surface area contributed by atoms with Crippen LogP contribution in [0.15, 0.2) is 0 Å². The molecule has 0 heterocycles. The predicted octanol–water partition coefficient (Wildman–Crippen LogP) is 3.66. The highest BCUT2D eigenvalue weighted by atomic mass is 28.3. The third kappa shape index (κ3) is 7.50. The van der Waals surface area contributed by atoms with Crippen LogP contribution >= 0.6 is 0 Å². The van der Waals surface area contributed by atoms with Gasteiger partial charge in [0.15, 0.2) is 0 Å². The first-order valence-electron chi connectivity index (χ1n) is 5.89. The van der Waals surface area contributed by atoms with Gasteiger partial charge in [-0.1, -0.05) is 40.5 Å². The van der Waals surface area contributed by atoms with Crippen LogP contribution < -0.4 is 0 Å². The average molecular weight is 226 g/mol. The van der Waals surface area contributed by atoms with Crippen LogP contribution in [-0.4, -0.2) is 9.04 Å². The summed E-state index contributed by atoms with van der Waals surface area (Å²) in [4.78, 5) is 0. The summed E-state index contributed by atoms with van der Waals surface area (Å²) in [6.07, 6.45) is 4.06. The standard InChI is InChI=1S/C13H26OSi/c1-11(2)10-12(13(3,4)5)8-9-14-15(6)7/h11-12,15H,10H2,1-7H3. The molecule has 0 saturated carbocycles. The van der Waals surface area contributed by atoms with Crippen molar-refractivity contribution in [2.24, 2.45) is 17.3 Å². The molecule has 0 radical (unpaired) electrons. The van der Waals surface area contributed by atoms with Crippen molar-refractivity contribution in [3.8, 4) is 12.0 Å². The molecule has 2 heteroatoms. The van der Waals surface area contributed by atoms with Gasteiger partial charge in [0.2, 0.25) is 9.04 Å². The number of hydrogen-bond acceptors (Lipinski definition) is 1. The van der Waals surface area contributed by atoms with E-state index >= 15 is 0 Å². The average Bonchev–Trinajstić information content (AvgIpc) is 1.99.